The highest BCUT2D eigenvalue weighted by Crippen LogP contribution is 2.23. The number of carbonyl (C=O) groups is 2. The molecule has 2 aromatic carbocycles. The van der Waals surface area contributed by atoms with Gasteiger partial charge in [0.25, 0.3) is 23.1 Å². The molecule has 30 heavy (non-hydrogen) atoms. The van der Waals surface area contributed by atoms with Crippen molar-refractivity contribution in [1.82, 2.24) is 20.6 Å². The number of nitro benzene ring substituents is 1. The van der Waals surface area contributed by atoms with E-state index in [1.165, 1.54) is 19.2 Å². The van der Waals surface area contributed by atoms with E-state index in [0.29, 0.717) is 10.8 Å². The number of nitrogens with zero attached hydrogens (tertiary/aromatic N) is 3. The molecule has 0 saturated carbocycles. The number of hydrogen-bond donors (Lipinski definition) is 2. The molecule has 0 aliphatic rings. The number of non-ortho nitro benzene ring substituents is 1. The van der Waals surface area contributed by atoms with Crippen molar-refractivity contribution in [3.8, 4) is 5.75 Å². The van der Waals surface area contributed by atoms with Crippen LogP contribution in [0.15, 0.2) is 47.3 Å². The topological polar surface area (TPSA) is 145 Å². The summed E-state index contributed by atoms with van der Waals surface area (Å²) in [6.45, 7) is 1.96. The van der Waals surface area contributed by atoms with E-state index in [1.807, 2.05) is 0 Å². The van der Waals surface area contributed by atoms with E-state index in [0.717, 1.165) is 10.7 Å². The van der Waals surface area contributed by atoms with Crippen LogP contribution in [-0.2, 0) is 6.54 Å². The first kappa shape index (κ1) is 20.5. The fourth-order valence-corrected chi connectivity index (χ4v) is 2.84. The summed E-state index contributed by atoms with van der Waals surface area (Å²) in [4.78, 5) is 47.8. The molecule has 0 atom stereocenters. The number of amides is 2. The van der Waals surface area contributed by atoms with Gasteiger partial charge in [-0.15, -0.1) is 0 Å². The quantitative estimate of drug-likeness (QED) is 0.477. The molecule has 0 aliphatic heterocycles. The maximum absolute atomic E-state index is 12.7. The lowest BCUT2D eigenvalue weighted by atomic mass is 10.1. The highest BCUT2D eigenvalue weighted by Gasteiger charge is 2.20. The zero-order valence-corrected chi connectivity index (χ0v) is 16.0. The minimum Gasteiger partial charge on any atom is -0.496 e. The zero-order chi connectivity index (χ0) is 21.8. The average molecular weight is 411 g/mol. The lowest BCUT2D eigenvalue weighted by Gasteiger charge is -2.12. The van der Waals surface area contributed by atoms with Crippen molar-refractivity contribution >= 4 is 28.3 Å². The Morgan fingerprint density at radius 3 is 2.43 bits per heavy atom. The van der Waals surface area contributed by atoms with Gasteiger partial charge in [0.1, 0.15) is 5.75 Å². The van der Waals surface area contributed by atoms with Crippen molar-refractivity contribution in [3.05, 3.63) is 74.2 Å². The van der Waals surface area contributed by atoms with Gasteiger partial charge >= 0.3 is 0 Å². The Balaban J connectivity index is 1.89. The van der Waals surface area contributed by atoms with Crippen LogP contribution in [0.1, 0.15) is 27.8 Å². The number of aromatic nitrogens is 2. The van der Waals surface area contributed by atoms with Crippen LogP contribution in [0.5, 0.6) is 5.75 Å². The van der Waals surface area contributed by atoms with Crippen molar-refractivity contribution in [2.24, 2.45) is 0 Å². The number of methoxy groups -OCH3 is 1. The van der Waals surface area contributed by atoms with Crippen LogP contribution in [0.3, 0.4) is 0 Å². The number of carbonyl (C=O) groups excluding carboxylic acids is 2. The summed E-state index contributed by atoms with van der Waals surface area (Å²) in [5, 5.41) is 15.7. The summed E-state index contributed by atoms with van der Waals surface area (Å²) in [6.07, 6.45) is 0. The minimum absolute atomic E-state index is 0.0571. The molecule has 0 fully saturated rings. The highest BCUT2D eigenvalue weighted by molar-refractivity contribution is 6.06. The molecule has 0 radical (unpaired) electrons. The Kier molecular flexibility index (Phi) is 5.72. The molecule has 0 aliphatic carbocycles. The first-order chi connectivity index (χ1) is 14.4. The second-order valence-corrected chi connectivity index (χ2v) is 6.07. The van der Waals surface area contributed by atoms with Gasteiger partial charge in [0.2, 0.25) is 0 Å². The Hall–Kier alpha value is -4.28. The summed E-state index contributed by atoms with van der Waals surface area (Å²) in [5.41, 5.74) is 3.56. The number of rotatable bonds is 5. The van der Waals surface area contributed by atoms with Crippen LogP contribution in [0.25, 0.3) is 10.8 Å². The smallest absolute Gasteiger partial charge is 0.290 e. The molecule has 3 aromatic rings. The Labute approximate surface area is 169 Å². The predicted molar refractivity (Wildman–Crippen MR) is 106 cm³/mol. The lowest BCUT2D eigenvalue weighted by molar-refractivity contribution is -0.384. The third kappa shape index (κ3) is 3.81. The van der Waals surface area contributed by atoms with Gasteiger partial charge in [0.05, 0.1) is 23.0 Å². The van der Waals surface area contributed by atoms with Gasteiger partial charge in [-0.2, -0.15) is 5.10 Å². The van der Waals surface area contributed by atoms with E-state index >= 15 is 0 Å². The van der Waals surface area contributed by atoms with E-state index in [-0.39, 0.29) is 34.8 Å². The molecule has 0 bridgehead atoms. The van der Waals surface area contributed by atoms with Gasteiger partial charge in [-0.3, -0.25) is 35.3 Å². The Bertz CT molecular complexity index is 1220. The van der Waals surface area contributed by atoms with Gasteiger partial charge in [-0.05, 0) is 19.1 Å². The highest BCUT2D eigenvalue weighted by atomic mass is 16.6. The Morgan fingerprint density at radius 1 is 1.13 bits per heavy atom. The number of aryl methyl sites for hydroxylation is 1. The molecule has 11 nitrogen and oxygen atoms in total. The van der Waals surface area contributed by atoms with Crippen LogP contribution in [0, 0.1) is 10.1 Å². The SMILES string of the molecule is CCn1nc(C(=O)NNC(=O)c2cc([N+](=O)[O-])ccc2OC)c2ccccc2c1=O. The van der Waals surface area contributed by atoms with E-state index < -0.39 is 16.7 Å². The van der Waals surface area contributed by atoms with E-state index in [2.05, 4.69) is 16.0 Å². The van der Waals surface area contributed by atoms with Crippen LogP contribution in [-0.4, -0.2) is 33.6 Å². The summed E-state index contributed by atoms with van der Waals surface area (Å²) < 4.78 is 6.19. The summed E-state index contributed by atoms with van der Waals surface area (Å²) in [5.74, 6) is -1.49. The normalized spacial score (nSPS) is 10.5. The van der Waals surface area contributed by atoms with Crippen LogP contribution >= 0.6 is 0 Å². The number of ether oxygens (including phenoxy) is 1. The van der Waals surface area contributed by atoms with Gasteiger partial charge in [-0.25, -0.2) is 4.68 Å². The van der Waals surface area contributed by atoms with Gasteiger partial charge in [0.15, 0.2) is 5.69 Å². The van der Waals surface area contributed by atoms with E-state index in [4.69, 9.17) is 4.74 Å². The number of benzene rings is 2. The minimum atomic E-state index is -0.822. The van der Waals surface area contributed by atoms with Crippen molar-refractivity contribution in [2.75, 3.05) is 7.11 Å². The molecule has 2 amide bonds. The first-order valence-corrected chi connectivity index (χ1v) is 8.80. The molecule has 1 aromatic heterocycles. The number of fused-ring (bicyclic) bond motifs is 1. The van der Waals surface area contributed by atoms with Gasteiger partial charge < -0.3 is 4.74 Å². The molecular formula is C19H17N5O6. The monoisotopic (exact) mass is 411 g/mol. The molecule has 3 rings (SSSR count). The van der Waals surface area contributed by atoms with Gasteiger partial charge in [0, 0.05) is 24.1 Å². The van der Waals surface area contributed by atoms with Crippen LogP contribution in [0.2, 0.25) is 0 Å². The molecule has 0 unspecified atom stereocenters. The Morgan fingerprint density at radius 2 is 1.80 bits per heavy atom. The van der Waals surface area contributed by atoms with Crippen molar-refractivity contribution in [2.45, 2.75) is 13.5 Å². The maximum Gasteiger partial charge on any atom is 0.290 e. The number of hydrazine groups is 1. The number of nitro groups is 1. The van der Waals surface area contributed by atoms with Crippen molar-refractivity contribution in [3.63, 3.8) is 0 Å². The third-order valence-corrected chi connectivity index (χ3v) is 4.31. The maximum atomic E-state index is 12.7. The average Bonchev–Trinajstić information content (AvgIpc) is 2.77. The van der Waals surface area contributed by atoms with Crippen molar-refractivity contribution in [1.29, 1.82) is 0 Å². The summed E-state index contributed by atoms with van der Waals surface area (Å²) in [6, 6.07) is 9.98. The lowest BCUT2D eigenvalue weighted by Crippen LogP contribution is -2.43. The molecule has 1 heterocycles. The number of nitrogens with one attached hydrogen (secondary N) is 2. The molecule has 154 valence electrons. The van der Waals surface area contributed by atoms with Crippen LogP contribution in [0.4, 0.5) is 5.69 Å². The largest absolute Gasteiger partial charge is 0.496 e. The van der Waals surface area contributed by atoms with E-state index in [1.54, 1.807) is 31.2 Å². The van der Waals surface area contributed by atoms with Gasteiger partial charge in [-0.1, -0.05) is 18.2 Å². The number of hydrogen-bond acceptors (Lipinski definition) is 7. The fourth-order valence-electron chi connectivity index (χ4n) is 2.84. The van der Waals surface area contributed by atoms with Crippen LogP contribution < -0.4 is 21.1 Å². The molecule has 11 heteroatoms. The second-order valence-electron chi connectivity index (χ2n) is 6.07. The summed E-state index contributed by atoms with van der Waals surface area (Å²) >= 11 is 0. The molecule has 0 saturated heterocycles. The third-order valence-electron chi connectivity index (χ3n) is 4.31. The van der Waals surface area contributed by atoms with E-state index in [9.17, 15) is 24.5 Å². The summed E-state index contributed by atoms with van der Waals surface area (Å²) in [7, 11) is 1.31. The van der Waals surface area contributed by atoms with Crippen molar-refractivity contribution < 1.29 is 19.2 Å². The predicted octanol–water partition coefficient (Wildman–Crippen LogP) is 1.41. The zero-order valence-electron chi connectivity index (χ0n) is 16.0. The molecule has 0 spiro atoms. The molecular weight excluding hydrogens is 394 g/mol. The molecule has 2 N–H and O–H groups in total. The standard InChI is InChI=1S/C19H17N5O6/c1-3-23-19(27)13-7-5-4-6-12(13)16(22-23)18(26)21-20-17(25)14-10-11(24(28)29)8-9-15(14)30-2/h4-10H,3H2,1-2H3,(H,20,25)(H,21,26). The fraction of sp³-hybridized carbons (Fsp3) is 0.158. The first-order valence-electron chi connectivity index (χ1n) is 8.80. The second kappa shape index (κ2) is 8.39.